The number of pyridine rings is 2. The van der Waals surface area contributed by atoms with E-state index in [2.05, 4.69) is 15.0 Å². The molecule has 0 amide bonds. The van der Waals surface area contributed by atoms with E-state index < -0.39 is 0 Å². The fourth-order valence-corrected chi connectivity index (χ4v) is 2.46. The second-order valence-electron chi connectivity index (χ2n) is 4.85. The summed E-state index contributed by atoms with van der Waals surface area (Å²) in [5.41, 5.74) is 3.06. The third-order valence-electron chi connectivity index (χ3n) is 3.40. The number of aromatic hydroxyl groups is 1. The van der Waals surface area contributed by atoms with Crippen LogP contribution in [0.25, 0.3) is 28.4 Å². The van der Waals surface area contributed by atoms with Crippen LogP contribution in [0, 0.1) is 0 Å². The highest BCUT2D eigenvalue weighted by Crippen LogP contribution is 2.27. The number of benzene rings is 1. The molecule has 106 valence electrons. The maximum Gasteiger partial charge on any atom is 0.165 e. The molecule has 5 nitrogen and oxygen atoms in total. The molecule has 1 N–H and O–H groups in total. The molecule has 0 unspecified atom stereocenters. The molecule has 5 heteroatoms. The van der Waals surface area contributed by atoms with Crippen molar-refractivity contribution in [2.75, 3.05) is 0 Å². The lowest BCUT2D eigenvalue weighted by Gasteiger charge is -2.08. The zero-order chi connectivity index (χ0) is 14.9. The molecule has 0 aliphatic heterocycles. The first kappa shape index (κ1) is 12.5. The summed E-state index contributed by atoms with van der Waals surface area (Å²) < 4.78 is 1.90. The Balaban J connectivity index is 2.07. The Hall–Kier alpha value is -3.21. The zero-order valence-corrected chi connectivity index (χ0v) is 11.6. The van der Waals surface area contributed by atoms with Crippen molar-refractivity contribution in [1.29, 1.82) is 0 Å². The lowest BCUT2D eigenvalue weighted by atomic mass is 10.2. The molecule has 3 aromatic heterocycles. The quantitative estimate of drug-likeness (QED) is 0.615. The Morgan fingerprint density at radius 2 is 1.77 bits per heavy atom. The number of rotatable bonds is 2. The van der Waals surface area contributed by atoms with Crippen molar-refractivity contribution in [2.45, 2.75) is 0 Å². The molecule has 0 spiro atoms. The van der Waals surface area contributed by atoms with Gasteiger partial charge in [0.1, 0.15) is 17.0 Å². The van der Waals surface area contributed by atoms with Crippen LogP contribution in [0.2, 0.25) is 0 Å². The van der Waals surface area contributed by atoms with Gasteiger partial charge in [0, 0.05) is 18.5 Å². The predicted molar refractivity (Wildman–Crippen MR) is 83.8 cm³/mol. The fourth-order valence-electron chi connectivity index (χ4n) is 2.46. The van der Waals surface area contributed by atoms with E-state index in [1.807, 2.05) is 41.0 Å². The van der Waals surface area contributed by atoms with Crippen molar-refractivity contribution in [1.82, 2.24) is 19.5 Å². The van der Waals surface area contributed by atoms with Crippen LogP contribution in [0.5, 0.6) is 5.75 Å². The molecular formula is C17H12N4O. The third kappa shape index (κ3) is 2.00. The zero-order valence-electron chi connectivity index (χ0n) is 11.6. The highest BCUT2D eigenvalue weighted by atomic mass is 16.3. The number of aromatic nitrogens is 4. The maximum absolute atomic E-state index is 9.78. The summed E-state index contributed by atoms with van der Waals surface area (Å²) >= 11 is 0. The van der Waals surface area contributed by atoms with Gasteiger partial charge in [-0.15, -0.1) is 0 Å². The minimum absolute atomic E-state index is 0.197. The first-order valence-electron chi connectivity index (χ1n) is 6.87. The summed E-state index contributed by atoms with van der Waals surface area (Å²) in [6.07, 6.45) is 3.46. The maximum atomic E-state index is 9.78. The molecule has 0 bridgehead atoms. The van der Waals surface area contributed by atoms with Crippen LogP contribution < -0.4 is 0 Å². The van der Waals surface area contributed by atoms with Gasteiger partial charge < -0.3 is 5.11 Å². The van der Waals surface area contributed by atoms with Gasteiger partial charge in [-0.05, 0) is 36.4 Å². The summed E-state index contributed by atoms with van der Waals surface area (Å²) in [6, 6.07) is 16.5. The average Bonchev–Trinajstić information content (AvgIpc) is 2.95. The first-order chi connectivity index (χ1) is 10.8. The van der Waals surface area contributed by atoms with Gasteiger partial charge in [-0.1, -0.05) is 12.1 Å². The van der Waals surface area contributed by atoms with Crippen molar-refractivity contribution in [3.05, 3.63) is 67.0 Å². The largest absolute Gasteiger partial charge is 0.508 e. The summed E-state index contributed by atoms with van der Waals surface area (Å²) in [6.45, 7) is 0. The van der Waals surface area contributed by atoms with Crippen LogP contribution in [0.15, 0.2) is 67.0 Å². The first-order valence-corrected chi connectivity index (χ1v) is 6.87. The highest BCUT2D eigenvalue weighted by molar-refractivity contribution is 5.79. The molecule has 0 saturated heterocycles. The summed E-state index contributed by atoms with van der Waals surface area (Å²) in [5.74, 6) is 0.891. The van der Waals surface area contributed by atoms with E-state index in [1.54, 1.807) is 30.6 Å². The Morgan fingerprint density at radius 3 is 2.59 bits per heavy atom. The van der Waals surface area contributed by atoms with E-state index in [9.17, 15) is 5.11 Å². The fraction of sp³-hybridized carbons (Fsp3) is 0. The molecule has 3 heterocycles. The van der Waals surface area contributed by atoms with Crippen LogP contribution in [0.3, 0.4) is 0 Å². The molecule has 22 heavy (non-hydrogen) atoms. The Bertz CT molecular complexity index is 947. The highest BCUT2D eigenvalue weighted by Gasteiger charge is 2.15. The Labute approximate surface area is 126 Å². The third-order valence-corrected chi connectivity index (χ3v) is 3.40. The SMILES string of the molecule is Oc1cccc(-n2c(-c3ccccn3)nc3cccnc32)c1. The van der Waals surface area contributed by atoms with Gasteiger partial charge in [-0.2, -0.15) is 0 Å². The second kappa shape index (κ2) is 4.96. The van der Waals surface area contributed by atoms with E-state index in [4.69, 9.17) is 0 Å². The minimum atomic E-state index is 0.197. The van der Waals surface area contributed by atoms with Crippen molar-refractivity contribution in [2.24, 2.45) is 0 Å². The molecule has 0 aliphatic rings. The van der Waals surface area contributed by atoms with Gasteiger partial charge in [0.05, 0.1) is 5.69 Å². The molecule has 0 atom stereocenters. The summed E-state index contributed by atoms with van der Waals surface area (Å²) in [7, 11) is 0. The molecule has 1 aromatic carbocycles. The van der Waals surface area contributed by atoms with Gasteiger partial charge in [0.2, 0.25) is 0 Å². The van der Waals surface area contributed by atoms with E-state index in [0.717, 1.165) is 22.5 Å². The molecule has 0 fully saturated rings. The van der Waals surface area contributed by atoms with Gasteiger partial charge in [0.25, 0.3) is 0 Å². The molecule has 0 radical (unpaired) electrons. The van der Waals surface area contributed by atoms with Crippen molar-refractivity contribution < 1.29 is 5.11 Å². The van der Waals surface area contributed by atoms with Gasteiger partial charge in [0.15, 0.2) is 11.5 Å². The summed E-state index contributed by atoms with van der Waals surface area (Å²) in [5, 5.41) is 9.78. The second-order valence-corrected chi connectivity index (χ2v) is 4.85. The Morgan fingerprint density at radius 1 is 0.864 bits per heavy atom. The van der Waals surface area contributed by atoms with Crippen LogP contribution in [-0.4, -0.2) is 24.6 Å². The topological polar surface area (TPSA) is 63.8 Å². The number of hydrogen-bond donors (Lipinski definition) is 1. The lowest BCUT2D eigenvalue weighted by Crippen LogP contribution is -1.99. The van der Waals surface area contributed by atoms with Crippen LogP contribution in [0.1, 0.15) is 0 Å². The van der Waals surface area contributed by atoms with Crippen molar-refractivity contribution in [3.8, 4) is 23.0 Å². The lowest BCUT2D eigenvalue weighted by molar-refractivity contribution is 0.475. The molecule has 4 aromatic rings. The monoisotopic (exact) mass is 288 g/mol. The van der Waals surface area contributed by atoms with Gasteiger partial charge in [-0.3, -0.25) is 9.55 Å². The van der Waals surface area contributed by atoms with E-state index >= 15 is 0 Å². The van der Waals surface area contributed by atoms with E-state index in [0.29, 0.717) is 5.82 Å². The van der Waals surface area contributed by atoms with Crippen molar-refractivity contribution in [3.63, 3.8) is 0 Å². The Kier molecular flexibility index (Phi) is 2.83. The van der Waals surface area contributed by atoms with E-state index in [1.165, 1.54) is 0 Å². The molecule has 0 aliphatic carbocycles. The van der Waals surface area contributed by atoms with E-state index in [-0.39, 0.29) is 5.75 Å². The normalized spacial score (nSPS) is 10.9. The van der Waals surface area contributed by atoms with Crippen LogP contribution in [0.4, 0.5) is 0 Å². The van der Waals surface area contributed by atoms with Gasteiger partial charge in [-0.25, -0.2) is 9.97 Å². The van der Waals surface area contributed by atoms with Gasteiger partial charge >= 0.3 is 0 Å². The minimum Gasteiger partial charge on any atom is -0.508 e. The number of fused-ring (bicyclic) bond motifs is 1. The molecule has 4 rings (SSSR count). The molecular weight excluding hydrogens is 276 g/mol. The smallest absolute Gasteiger partial charge is 0.165 e. The van der Waals surface area contributed by atoms with Crippen LogP contribution in [-0.2, 0) is 0 Å². The number of phenols is 1. The van der Waals surface area contributed by atoms with Crippen molar-refractivity contribution >= 4 is 11.2 Å². The average molecular weight is 288 g/mol. The molecule has 0 saturated carbocycles. The predicted octanol–water partition coefficient (Wildman–Crippen LogP) is 3.19. The number of nitrogens with zero attached hydrogens (tertiary/aromatic N) is 4. The van der Waals surface area contributed by atoms with Crippen LogP contribution >= 0.6 is 0 Å². The standard InChI is InChI=1S/C17H12N4O/c22-13-6-3-5-12(11-13)21-16-15(8-4-10-19-16)20-17(21)14-7-1-2-9-18-14/h1-11,22H. The summed E-state index contributed by atoms with van der Waals surface area (Å²) in [4.78, 5) is 13.4. The number of hydrogen-bond acceptors (Lipinski definition) is 4. The number of phenolic OH excluding ortho intramolecular Hbond substituents is 1. The number of imidazole rings is 1.